The van der Waals surface area contributed by atoms with E-state index in [1.807, 2.05) is 30.7 Å². The zero-order valence-electron chi connectivity index (χ0n) is 16.6. The third-order valence-electron chi connectivity index (χ3n) is 4.26. The minimum absolute atomic E-state index is 0.135. The second kappa shape index (κ2) is 8.69. The monoisotopic (exact) mass is 383 g/mol. The van der Waals surface area contributed by atoms with Crippen molar-refractivity contribution in [3.8, 4) is 5.75 Å². The second-order valence-electron chi connectivity index (χ2n) is 6.94. The maximum Gasteiger partial charge on any atom is 0.255 e. The van der Waals surface area contributed by atoms with Crippen LogP contribution in [0.2, 0.25) is 0 Å². The Hall–Kier alpha value is -3.16. The highest BCUT2D eigenvalue weighted by atomic mass is 16.5. The highest BCUT2D eigenvalue weighted by Gasteiger charge is 2.15. The highest BCUT2D eigenvalue weighted by molar-refractivity contribution is 5.96. The highest BCUT2D eigenvalue weighted by Crippen LogP contribution is 2.19. The van der Waals surface area contributed by atoms with Crippen molar-refractivity contribution in [1.29, 1.82) is 0 Å². The van der Waals surface area contributed by atoms with Crippen molar-refractivity contribution >= 4 is 5.91 Å². The van der Waals surface area contributed by atoms with Crippen LogP contribution in [0.15, 0.2) is 34.9 Å². The Labute approximate surface area is 163 Å². The lowest BCUT2D eigenvalue weighted by Gasteiger charge is -2.15. The van der Waals surface area contributed by atoms with E-state index in [-0.39, 0.29) is 18.4 Å². The molecule has 1 unspecified atom stereocenters. The molecule has 0 saturated heterocycles. The van der Waals surface area contributed by atoms with E-state index < -0.39 is 0 Å². The fourth-order valence-corrected chi connectivity index (χ4v) is 2.90. The average molecular weight is 383 g/mol. The molecule has 2 aromatic heterocycles. The summed E-state index contributed by atoms with van der Waals surface area (Å²) in [6, 6.07) is 9.15. The van der Waals surface area contributed by atoms with E-state index in [0.717, 1.165) is 17.9 Å². The molecule has 1 aromatic carbocycles. The number of amides is 1. The summed E-state index contributed by atoms with van der Waals surface area (Å²) in [5, 5.41) is 11.2. The number of ether oxygens (including phenoxy) is 1. The number of nitrogens with zero attached hydrogens (tertiary/aromatic N) is 4. The van der Waals surface area contributed by atoms with Crippen LogP contribution in [0.1, 0.15) is 40.4 Å². The molecule has 0 aliphatic rings. The lowest BCUT2D eigenvalue weighted by Crippen LogP contribution is -2.30. The molecule has 0 spiro atoms. The van der Waals surface area contributed by atoms with Crippen LogP contribution >= 0.6 is 0 Å². The number of hydrogen-bond donors (Lipinski definition) is 1. The maximum absolute atomic E-state index is 12.6. The van der Waals surface area contributed by atoms with Gasteiger partial charge in [-0.25, -0.2) is 0 Å². The zero-order chi connectivity index (χ0) is 20.1. The molecule has 3 aromatic rings. The SMILES string of the molecule is Cc1cc(C)n(CC(C)CNC(=O)c2ccccc2OCc2noc(C)n2)n1. The van der Waals surface area contributed by atoms with E-state index in [2.05, 4.69) is 27.5 Å². The van der Waals surface area contributed by atoms with E-state index in [1.165, 1.54) is 0 Å². The summed E-state index contributed by atoms with van der Waals surface area (Å²) in [6.45, 7) is 9.22. The summed E-state index contributed by atoms with van der Waals surface area (Å²) in [5.74, 6) is 1.44. The summed E-state index contributed by atoms with van der Waals surface area (Å²) in [4.78, 5) is 16.7. The number of benzene rings is 1. The Bertz CT molecular complexity index is 947. The molecule has 0 saturated carbocycles. The van der Waals surface area contributed by atoms with Crippen molar-refractivity contribution in [2.24, 2.45) is 5.92 Å². The number of nitrogens with one attached hydrogen (secondary N) is 1. The lowest BCUT2D eigenvalue weighted by atomic mass is 10.1. The molecule has 1 atom stereocenters. The van der Waals surface area contributed by atoms with Crippen LogP contribution in [0.3, 0.4) is 0 Å². The van der Waals surface area contributed by atoms with Gasteiger partial charge in [-0.15, -0.1) is 0 Å². The average Bonchev–Trinajstić information content (AvgIpc) is 3.22. The van der Waals surface area contributed by atoms with Crippen LogP contribution in [0.4, 0.5) is 0 Å². The first-order valence-corrected chi connectivity index (χ1v) is 9.22. The number of rotatable bonds is 8. The van der Waals surface area contributed by atoms with Crippen molar-refractivity contribution < 1.29 is 14.1 Å². The Kier molecular flexibility index (Phi) is 6.08. The summed E-state index contributed by atoms with van der Waals surface area (Å²) < 4.78 is 12.6. The Morgan fingerprint density at radius 1 is 1.29 bits per heavy atom. The van der Waals surface area contributed by atoms with E-state index in [1.54, 1.807) is 25.1 Å². The van der Waals surface area contributed by atoms with E-state index in [0.29, 0.717) is 29.6 Å². The molecule has 1 N–H and O–H groups in total. The van der Waals surface area contributed by atoms with Crippen molar-refractivity contribution in [2.75, 3.05) is 6.54 Å². The van der Waals surface area contributed by atoms with Crippen molar-refractivity contribution in [1.82, 2.24) is 25.2 Å². The number of carbonyl (C=O) groups is 1. The van der Waals surface area contributed by atoms with Gasteiger partial charge in [0.1, 0.15) is 5.75 Å². The Morgan fingerprint density at radius 3 is 2.75 bits per heavy atom. The fourth-order valence-electron chi connectivity index (χ4n) is 2.90. The van der Waals surface area contributed by atoms with Crippen LogP contribution < -0.4 is 10.1 Å². The molecular weight excluding hydrogens is 358 g/mol. The van der Waals surface area contributed by atoms with Crippen LogP contribution in [-0.2, 0) is 13.2 Å². The lowest BCUT2D eigenvalue weighted by molar-refractivity contribution is 0.0941. The molecule has 3 rings (SSSR count). The van der Waals surface area contributed by atoms with Gasteiger partial charge in [0.25, 0.3) is 5.91 Å². The molecule has 0 fully saturated rings. The molecule has 0 radical (unpaired) electrons. The largest absolute Gasteiger partial charge is 0.485 e. The first-order valence-electron chi connectivity index (χ1n) is 9.22. The standard InChI is InChI=1S/C20H25N5O3/c1-13(11-25-15(3)9-14(2)23-25)10-21-20(26)17-7-5-6-8-18(17)27-12-19-22-16(4)28-24-19/h5-9,13H,10-12H2,1-4H3,(H,21,26). The Morgan fingerprint density at radius 2 is 2.07 bits per heavy atom. The minimum Gasteiger partial charge on any atom is -0.485 e. The van der Waals surface area contributed by atoms with Gasteiger partial charge in [0, 0.05) is 25.7 Å². The molecule has 0 bridgehead atoms. The normalized spacial score (nSPS) is 12.0. The summed E-state index contributed by atoms with van der Waals surface area (Å²) in [7, 11) is 0. The number of aryl methyl sites for hydroxylation is 3. The quantitative estimate of drug-likeness (QED) is 0.643. The number of hydrogen-bond acceptors (Lipinski definition) is 6. The van der Waals surface area contributed by atoms with Crippen molar-refractivity contribution in [3.05, 3.63) is 59.0 Å². The van der Waals surface area contributed by atoms with Crippen LogP contribution in [0.5, 0.6) is 5.75 Å². The Balaban J connectivity index is 1.57. The molecule has 28 heavy (non-hydrogen) atoms. The molecular formula is C20H25N5O3. The van der Waals surface area contributed by atoms with Gasteiger partial charge in [-0.3, -0.25) is 9.48 Å². The first kappa shape index (κ1) is 19.6. The minimum atomic E-state index is -0.180. The van der Waals surface area contributed by atoms with E-state index >= 15 is 0 Å². The number of carbonyl (C=O) groups excluding carboxylic acids is 1. The topological polar surface area (TPSA) is 95.1 Å². The molecule has 0 aliphatic heterocycles. The van der Waals surface area contributed by atoms with Crippen LogP contribution in [0.25, 0.3) is 0 Å². The van der Waals surface area contributed by atoms with Gasteiger partial charge in [0.05, 0.1) is 11.3 Å². The van der Waals surface area contributed by atoms with Crippen molar-refractivity contribution in [3.63, 3.8) is 0 Å². The zero-order valence-corrected chi connectivity index (χ0v) is 16.6. The molecule has 148 valence electrons. The third kappa shape index (κ3) is 4.97. The second-order valence-corrected chi connectivity index (χ2v) is 6.94. The number of aromatic nitrogens is 4. The van der Waals surface area contributed by atoms with Gasteiger partial charge in [0.2, 0.25) is 11.7 Å². The molecule has 0 aliphatic carbocycles. The number of para-hydroxylation sites is 1. The molecule has 1 amide bonds. The van der Waals surface area contributed by atoms with Crippen LogP contribution in [0, 0.1) is 26.7 Å². The fraction of sp³-hybridized carbons (Fsp3) is 0.400. The maximum atomic E-state index is 12.6. The molecule has 2 heterocycles. The van der Waals surface area contributed by atoms with Gasteiger partial charge in [0.15, 0.2) is 6.61 Å². The third-order valence-corrected chi connectivity index (χ3v) is 4.26. The van der Waals surface area contributed by atoms with Gasteiger partial charge < -0.3 is 14.6 Å². The van der Waals surface area contributed by atoms with Gasteiger partial charge in [-0.1, -0.05) is 24.2 Å². The van der Waals surface area contributed by atoms with Gasteiger partial charge >= 0.3 is 0 Å². The first-order chi connectivity index (χ1) is 13.4. The van der Waals surface area contributed by atoms with Gasteiger partial charge in [-0.2, -0.15) is 10.1 Å². The summed E-state index contributed by atoms with van der Waals surface area (Å²) >= 11 is 0. The van der Waals surface area contributed by atoms with Crippen LogP contribution in [-0.4, -0.2) is 32.4 Å². The van der Waals surface area contributed by atoms with Gasteiger partial charge in [-0.05, 0) is 38.0 Å². The smallest absolute Gasteiger partial charge is 0.255 e. The van der Waals surface area contributed by atoms with E-state index in [9.17, 15) is 4.79 Å². The predicted octanol–water partition coefficient (Wildman–Crippen LogP) is 2.84. The van der Waals surface area contributed by atoms with E-state index in [4.69, 9.17) is 9.26 Å². The predicted molar refractivity (Wildman–Crippen MR) is 103 cm³/mol. The van der Waals surface area contributed by atoms with Crippen molar-refractivity contribution in [2.45, 2.75) is 40.8 Å². The summed E-state index contributed by atoms with van der Waals surface area (Å²) in [6.07, 6.45) is 0. The molecule has 8 nitrogen and oxygen atoms in total. The summed E-state index contributed by atoms with van der Waals surface area (Å²) in [5.41, 5.74) is 2.59. The molecule has 8 heteroatoms.